The molecule has 0 radical (unpaired) electrons. The lowest BCUT2D eigenvalue weighted by Gasteiger charge is -2.70. The summed E-state index contributed by atoms with van der Waals surface area (Å²) < 4.78 is 0. The Kier molecular flexibility index (Phi) is 6.34. The van der Waals surface area contributed by atoms with Crippen molar-refractivity contribution in [1.29, 1.82) is 0 Å². The first-order valence-electron chi connectivity index (χ1n) is 14.7. The zero-order valence-corrected chi connectivity index (χ0v) is 24.9. The number of rotatable bonds is 4. The third-order valence-electron chi connectivity index (χ3n) is 12.3. The van der Waals surface area contributed by atoms with Gasteiger partial charge in [-0.2, -0.15) is 0 Å². The number of fused-ring (bicyclic) bond motifs is 7. The quantitative estimate of drug-likeness (QED) is 0.486. The Morgan fingerprint density at radius 1 is 0.974 bits per heavy atom. The summed E-state index contributed by atoms with van der Waals surface area (Å²) in [6.07, 6.45) is 14.2. The maximum atomic E-state index is 12.7. The van der Waals surface area contributed by atoms with Crippen LogP contribution < -0.4 is 5.32 Å². The molecule has 208 valence electrons. The van der Waals surface area contributed by atoms with Crippen molar-refractivity contribution in [1.82, 2.24) is 10.2 Å². The van der Waals surface area contributed by atoms with Crippen LogP contribution in [0, 0.1) is 38.9 Å². The van der Waals surface area contributed by atoms with Gasteiger partial charge in [0.05, 0.1) is 6.54 Å². The highest BCUT2D eigenvalue weighted by Gasteiger charge is 2.66. The minimum absolute atomic E-state index is 0.0210. The number of carbonyl (C=O) groups is 3. The van der Waals surface area contributed by atoms with Gasteiger partial charge < -0.3 is 10.2 Å². The molecule has 0 aromatic rings. The monoisotopic (exact) mass is 520 g/mol. The molecule has 5 heteroatoms. The number of likely N-dealkylation sites (N-methyl/N-ethyl adjacent to an activating group) is 1. The molecule has 3 fully saturated rings. The number of ketones is 2. The van der Waals surface area contributed by atoms with Crippen molar-refractivity contribution in [2.24, 2.45) is 38.9 Å². The van der Waals surface area contributed by atoms with Crippen LogP contribution in [-0.4, -0.2) is 49.6 Å². The molecule has 0 aromatic heterocycles. The van der Waals surface area contributed by atoms with Crippen LogP contribution in [0.5, 0.6) is 0 Å². The first-order valence-corrected chi connectivity index (χ1v) is 14.7. The smallest absolute Gasteiger partial charge is 0.234 e. The number of hydrogen-bond acceptors (Lipinski definition) is 4. The normalized spacial score (nSPS) is 44.2. The average molecular weight is 521 g/mol. The molecule has 7 atom stereocenters. The van der Waals surface area contributed by atoms with Crippen molar-refractivity contribution in [3.63, 3.8) is 0 Å². The van der Waals surface area contributed by atoms with E-state index in [1.165, 1.54) is 18.4 Å². The number of carbonyl (C=O) groups excluding carboxylic acids is 3. The predicted octanol–water partition coefficient (Wildman–Crippen LogP) is 5.66. The van der Waals surface area contributed by atoms with Gasteiger partial charge in [0, 0.05) is 17.9 Å². The van der Waals surface area contributed by atoms with E-state index >= 15 is 0 Å². The van der Waals surface area contributed by atoms with E-state index in [4.69, 9.17) is 0 Å². The van der Waals surface area contributed by atoms with Gasteiger partial charge in [-0.05, 0) is 104 Å². The van der Waals surface area contributed by atoms with Crippen LogP contribution in [0.2, 0.25) is 0 Å². The molecule has 0 saturated heterocycles. The largest absolute Gasteiger partial charge is 0.354 e. The van der Waals surface area contributed by atoms with Crippen LogP contribution in [0.4, 0.5) is 0 Å². The summed E-state index contributed by atoms with van der Waals surface area (Å²) in [6, 6.07) is 0. The number of hydrogen-bond donors (Lipinski definition) is 1. The lowest BCUT2D eigenvalue weighted by Crippen LogP contribution is -2.62. The van der Waals surface area contributed by atoms with Crippen molar-refractivity contribution in [3.8, 4) is 0 Å². The second-order valence-corrected chi connectivity index (χ2v) is 15.0. The van der Waals surface area contributed by atoms with Gasteiger partial charge >= 0.3 is 0 Å². The number of allylic oxidation sites excluding steroid dienone is 6. The van der Waals surface area contributed by atoms with Crippen LogP contribution >= 0.6 is 0 Å². The predicted molar refractivity (Wildman–Crippen MR) is 151 cm³/mol. The number of amides is 1. The fourth-order valence-electron chi connectivity index (χ4n) is 9.47. The van der Waals surface area contributed by atoms with Crippen molar-refractivity contribution in [2.45, 2.75) is 86.5 Å². The molecule has 0 aliphatic heterocycles. The highest BCUT2D eigenvalue weighted by molar-refractivity contribution is 6.44. The molecule has 1 N–H and O–H groups in total. The molecular weight excluding hydrogens is 472 g/mol. The second kappa shape index (κ2) is 8.74. The molecule has 0 aromatic carbocycles. The van der Waals surface area contributed by atoms with E-state index in [2.05, 4.69) is 52.1 Å². The molecule has 38 heavy (non-hydrogen) atoms. The van der Waals surface area contributed by atoms with Gasteiger partial charge in [-0.15, -0.1) is 0 Å². The van der Waals surface area contributed by atoms with E-state index in [9.17, 15) is 14.4 Å². The highest BCUT2D eigenvalue weighted by atomic mass is 16.2. The summed E-state index contributed by atoms with van der Waals surface area (Å²) in [6.45, 7) is 15.4. The Balaban J connectivity index is 1.49. The Labute approximate surface area is 229 Å². The van der Waals surface area contributed by atoms with Crippen molar-refractivity contribution in [2.75, 3.05) is 27.2 Å². The summed E-state index contributed by atoms with van der Waals surface area (Å²) in [4.78, 5) is 39.6. The van der Waals surface area contributed by atoms with Gasteiger partial charge in [0.2, 0.25) is 17.5 Å². The topological polar surface area (TPSA) is 66.5 Å². The minimum Gasteiger partial charge on any atom is -0.354 e. The molecule has 0 spiro atoms. The van der Waals surface area contributed by atoms with Gasteiger partial charge in [-0.3, -0.25) is 14.4 Å². The molecule has 5 aliphatic carbocycles. The van der Waals surface area contributed by atoms with E-state index in [1.807, 2.05) is 25.9 Å². The first kappa shape index (κ1) is 27.6. The van der Waals surface area contributed by atoms with Gasteiger partial charge in [0.1, 0.15) is 0 Å². The molecular formula is C33H48N2O3. The Morgan fingerprint density at radius 2 is 1.66 bits per heavy atom. The van der Waals surface area contributed by atoms with Crippen LogP contribution in [-0.2, 0) is 14.4 Å². The van der Waals surface area contributed by atoms with Gasteiger partial charge in [0.25, 0.3) is 0 Å². The zero-order chi connectivity index (χ0) is 27.9. The fraction of sp³-hybridized carbons (Fsp3) is 0.727. The molecule has 3 saturated carbocycles. The van der Waals surface area contributed by atoms with E-state index in [-0.39, 0.29) is 45.1 Å². The Bertz CT molecular complexity index is 1180. The molecule has 1 amide bonds. The van der Waals surface area contributed by atoms with Crippen molar-refractivity contribution < 1.29 is 14.4 Å². The average Bonchev–Trinajstić information content (AvgIpc) is 2.84. The lowest BCUT2D eigenvalue weighted by molar-refractivity contribution is -0.161. The number of nitrogens with one attached hydrogen (secondary N) is 1. The zero-order valence-electron chi connectivity index (χ0n) is 24.9. The van der Waals surface area contributed by atoms with E-state index in [0.717, 1.165) is 49.8 Å². The van der Waals surface area contributed by atoms with Crippen LogP contribution in [0.1, 0.15) is 86.5 Å². The standard InChI is InChI=1S/C33H48N2O3/c1-21-22-9-10-25-31(4,23(22)17-24(36)28(21)38)14-16-33(6)26-18-29(2,20-34-27(37)19-35(7)8)11-12-30(26,3)13-15-32(25,33)5/h9-10,17,21,26H,11-16,18-20H2,1-8H3,(H,34,37)/t21?,26-,29-,30-,31+,32-,33+/m1/s1. The molecule has 5 aliphatic rings. The summed E-state index contributed by atoms with van der Waals surface area (Å²) in [5.41, 5.74) is 3.97. The van der Waals surface area contributed by atoms with Gasteiger partial charge in [-0.1, -0.05) is 59.3 Å². The Hall–Kier alpha value is -2.01. The summed E-state index contributed by atoms with van der Waals surface area (Å²) in [5, 5.41) is 3.25. The summed E-state index contributed by atoms with van der Waals surface area (Å²) in [7, 11) is 3.87. The van der Waals surface area contributed by atoms with E-state index < -0.39 is 0 Å². The van der Waals surface area contributed by atoms with Gasteiger partial charge in [-0.25, -0.2) is 0 Å². The Morgan fingerprint density at radius 3 is 2.34 bits per heavy atom. The van der Waals surface area contributed by atoms with Crippen LogP contribution in [0.25, 0.3) is 0 Å². The third kappa shape index (κ3) is 3.85. The van der Waals surface area contributed by atoms with E-state index in [0.29, 0.717) is 17.9 Å². The van der Waals surface area contributed by atoms with E-state index in [1.54, 1.807) is 6.08 Å². The lowest BCUT2D eigenvalue weighted by atomic mass is 9.34. The molecule has 5 rings (SSSR count). The number of nitrogens with zero attached hydrogens (tertiary/aromatic N) is 1. The maximum Gasteiger partial charge on any atom is 0.234 e. The first-order chi connectivity index (χ1) is 17.6. The molecule has 5 nitrogen and oxygen atoms in total. The van der Waals surface area contributed by atoms with Gasteiger partial charge in [0.15, 0.2) is 0 Å². The summed E-state index contributed by atoms with van der Waals surface area (Å²) >= 11 is 0. The highest BCUT2D eigenvalue weighted by Crippen LogP contribution is 2.75. The van der Waals surface area contributed by atoms with Crippen molar-refractivity contribution in [3.05, 3.63) is 34.9 Å². The third-order valence-corrected chi connectivity index (χ3v) is 12.3. The fourth-order valence-corrected chi connectivity index (χ4v) is 9.47. The SMILES string of the molecule is CC1C(=O)C(=O)C=C2C1=CC=C1[C@@]2(C)CC[C@@]2(C)[C@@H]3C[C@](C)(CNC(=O)CN(C)C)CC[C@]3(C)CC[C@]12C. The summed E-state index contributed by atoms with van der Waals surface area (Å²) in [5.74, 6) is -0.289. The second-order valence-electron chi connectivity index (χ2n) is 15.0. The van der Waals surface area contributed by atoms with Crippen LogP contribution in [0.15, 0.2) is 34.9 Å². The molecule has 1 unspecified atom stereocenters. The van der Waals surface area contributed by atoms with Crippen molar-refractivity contribution >= 4 is 17.5 Å². The maximum absolute atomic E-state index is 12.7. The van der Waals surface area contributed by atoms with Crippen LogP contribution in [0.3, 0.4) is 0 Å². The molecule has 0 bridgehead atoms. The molecule has 0 heterocycles. The number of Topliss-reactive ketones (excluding diaryl/α,β-unsaturated/α-hetero) is 1. The minimum atomic E-state index is -0.352.